The number of carbonyl (C=O) groups excluding carboxylic acids is 1. The molecule has 98 valence electrons. The molecule has 0 atom stereocenters. The number of anilines is 2. The fraction of sp³-hybridized carbons (Fsp3) is 0.143. The minimum absolute atomic E-state index is 0.406. The van der Waals surface area contributed by atoms with E-state index < -0.39 is 5.97 Å². The molecule has 0 aliphatic carbocycles. The van der Waals surface area contributed by atoms with Gasteiger partial charge in [0.15, 0.2) is 0 Å². The van der Waals surface area contributed by atoms with Crippen LogP contribution in [-0.4, -0.2) is 25.2 Å². The summed E-state index contributed by atoms with van der Waals surface area (Å²) in [6, 6.07) is 8.79. The molecule has 0 saturated carbocycles. The van der Waals surface area contributed by atoms with Crippen molar-refractivity contribution >= 4 is 17.3 Å². The molecule has 0 radical (unpaired) electrons. The van der Waals surface area contributed by atoms with Gasteiger partial charge in [0.1, 0.15) is 5.75 Å². The first-order valence-electron chi connectivity index (χ1n) is 5.67. The van der Waals surface area contributed by atoms with Crippen LogP contribution in [0.2, 0.25) is 0 Å². The van der Waals surface area contributed by atoms with Gasteiger partial charge in [0, 0.05) is 29.8 Å². The molecule has 1 heterocycles. The van der Waals surface area contributed by atoms with Crippen molar-refractivity contribution in [3.05, 3.63) is 48.3 Å². The number of benzene rings is 1. The van der Waals surface area contributed by atoms with E-state index in [2.05, 4.69) is 10.3 Å². The van der Waals surface area contributed by atoms with Gasteiger partial charge in [0.2, 0.25) is 0 Å². The van der Waals surface area contributed by atoms with Crippen molar-refractivity contribution in [2.75, 3.05) is 19.5 Å². The second-order valence-corrected chi connectivity index (χ2v) is 3.80. The van der Waals surface area contributed by atoms with E-state index in [0.717, 1.165) is 11.4 Å². The zero-order valence-electron chi connectivity index (χ0n) is 10.7. The summed E-state index contributed by atoms with van der Waals surface area (Å²) in [5.41, 5.74) is 2.04. The van der Waals surface area contributed by atoms with Crippen molar-refractivity contribution in [3.8, 4) is 5.75 Å². The number of methoxy groups -OCH3 is 2. The first kappa shape index (κ1) is 12.9. The largest absolute Gasteiger partial charge is 0.497 e. The highest BCUT2D eigenvalue weighted by Gasteiger charge is 2.09. The normalized spacial score (nSPS) is 9.79. The molecule has 5 nitrogen and oxygen atoms in total. The zero-order valence-corrected chi connectivity index (χ0v) is 10.7. The van der Waals surface area contributed by atoms with Crippen molar-refractivity contribution in [1.29, 1.82) is 0 Å². The predicted molar refractivity (Wildman–Crippen MR) is 71.9 cm³/mol. The molecule has 2 rings (SSSR count). The molecule has 1 N–H and O–H groups in total. The number of esters is 1. The molecular formula is C14H14N2O3. The van der Waals surface area contributed by atoms with E-state index in [1.165, 1.54) is 7.11 Å². The summed E-state index contributed by atoms with van der Waals surface area (Å²) in [5.74, 6) is 0.177. The number of pyridine rings is 1. The average molecular weight is 258 g/mol. The van der Waals surface area contributed by atoms with E-state index in [4.69, 9.17) is 9.47 Å². The highest BCUT2D eigenvalue weighted by molar-refractivity contribution is 5.91. The summed E-state index contributed by atoms with van der Waals surface area (Å²) in [7, 11) is 2.89. The minimum atomic E-state index is -0.406. The Balaban J connectivity index is 2.32. The Morgan fingerprint density at radius 2 is 1.84 bits per heavy atom. The van der Waals surface area contributed by atoms with Crippen molar-refractivity contribution in [2.45, 2.75) is 0 Å². The first-order valence-corrected chi connectivity index (χ1v) is 5.67. The van der Waals surface area contributed by atoms with Crippen LogP contribution in [0.1, 0.15) is 10.4 Å². The van der Waals surface area contributed by atoms with Crippen LogP contribution in [0.15, 0.2) is 42.7 Å². The second kappa shape index (κ2) is 5.86. The monoisotopic (exact) mass is 258 g/mol. The van der Waals surface area contributed by atoms with Gasteiger partial charge in [-0.2, -0.15) is 0 Å². The maximum absolute atomic E-state index is 11.6. The SMILES string of the molecule is COC(=O)c1cc(Nc2ccncc2)cc(OC)c1. The van der Waals surface area contributed by atoms with E-state index in [1.807, 2.05) is 12.1 Å². The minimum Gasteiger partial charge on any atom is -0.497 e. The molecule has 2 aromatic rings. The lowest BCUT2D eigenvalue weighted by molar-refractivity contribution is 0.0600. The van der Waals surface area contributed by atoms with Gasteiger partial charge >= 0.3 is 5.97 Å². The van der Waals surface area contributed by atoms with Crippen LogP contribution in [0.5, 0.6) is 5.75 Å². The molecule has 1 aromatic heterocycles. The molecule has 0 amide bonds. The van der Waals surface area contributed by atoms with Crippen LogP contribution < -0.4 is 10.1 Å². The Morgan fingerprint density at radius 1 is 1.11 bits per heavy atom. The topological polar surface area (TPSA) is 60.5 Å². The molecule has 1 aromatic carbocycles. The van der Waals surface area contributed by atoms with Gasteiger partial charge < -0.3 is 14.8 Å². The maximum Gasteiger partial charge on any atom is 0.338 e. The van der Waals surface area contributed by atoms with Crippen molar-refractivity contribution in [1.82, 2.24) is 4.98 Å². The van der Waals surface area contributed by atoms with Crippen LogP contribution in [0.3, 0.4) is 0 Å². The molecule has 0 unspecified atom stereocenters. The number of hydrogen-bond donors (Lipinski definition) is 1. The number of nitrogens with one attached hydrogen (secondary N) is 1. The lowest BCUT2D eigenvalue weighted by atomic mass is 10.2. The van der Waals surface area contributed by atoms with Gasteiger partial charge in [0.25, 0.3) is 0 Å². The fourth-order valence-corrected chi connectivity index (χ4v) is 1.63. The lowest BCUT2D eigenvalue weighted by Gasteiger charge is -2.10. The van der Waals surface area contributed by atoms with Crippen molar-refractivity contribution < 1.29 is 14.3 Å². The van der Waals surface area contributed by atoms with Crippen molar-refractivity contribution in [2.24, 2.45) is 0 Å². The molecule has 5 heteroatoms. The highest BCUT2D eigenvalue weighted by Crippen LogP contribution is 2.24. The standard InChI is InChI=1S/C14H14N2O3/c1-18-13-8-10(14(17)19-2)7-12(9-13)16-11-3-5-15-6-4-11/h3-9H,1-2H3,(H,15,16). The van der Waals surface area contributed by atoms with E-state index in [0.29, 0.717) is 11.3 Å². The summed E-state index contributed by atoms with van der Waals surface area (Å²) < 4.78 is 9.88. The number of carbonyl (C=O) groups is 1. The molecular weight excluding hydrogens is 244 g/mol. The Labute approximate surface area is 111 Å². The number of hydrogen-bond acceptors (Lipinski definition) is 5. The Hall–Kier alpha value is -2.56. The van der Waals surface area contributed by atoms with E-state index in [-0.39, 0.29) is 0 Å². The predicted octanol–water partition coefficient (Wildman–Crippen LogP) is 2.62. The zero-order chi connectivity index (χ0) is 13.7. The van der Waals surface area contributed by atoms with Gasteiger partial charge in [0.05, 0.1) is 19.8 Å². The Kier molecular flexibility index (Phi) is 3.97. The smallest absolute Gasteiger partial charge is 0.338 e. The fourth-order valence-electron chi connectivity index (χ4n) is 1.63. The quantitative estimate of drug-likeness (QED) is 0.854. The lowest BCUT2D eigenvalue weighted by Crippen LogP contribution is -2.03. The summed E-state index contributed by atoms with van der Waals surface area (Å²) in [5, 5.41) is 3.17. The molecule has 0 saturated heterocycles. The number of aromatic nitrogens is 1. The van der Waals surface area contributed by atoms with E-state index in [9.17, 15) is 4.79 Å². The highest BCUT2D eigenvalue weighted by atomic mass is 16.5. The molecule has 19 heavy (non-hydrogen) atoms. The van der Waals surface area contributed by atoms with Crippen LogP contribution in [0.4, 0.5) is 11.4 Å². The van der Waals surface area contributed by atoms with Crippen LogP contribution in [0, 0.1) is 0 Å². The second-order valence-electron chi connectivity index (χ2n) is 3.80. The van der Waals surface area contributed by atoms with Crippen molar-refractivity contribution in [3.63, 3.8) is 0 Å². The Bertz CT molecular complexity index is 570. The molecule has 0 spiro atoms. The summed E-state index contributed by atoms with van der Waals surface area (Å²) in [6.07, 6.45) is 3.37. The van der Waals surface area contributed by atoms with Gasteiger partial charge in [-0.3, -0.25) is 4.98 Å². The summed E-state index contributed by atoms with van der Waals surface area (Å²) >= 11 is 0. The van der Waals surface area contributed by atoms with Gasteiger partial charge in [-0.15, -0.1) is 0 Å². The van der Waals surface area contributed by atoms with Gasteiger partial charge in [-0.1, -0.05) is 0 Å². The number of ether oxygens (including phenoxy) is 2. The van der Waals surface area contributed by atoms with Crippen LogP contribution in [0.25, 0.3) is 0 Å². The molecule has 0 bridgehead atoms. The summed E-state index contributed by atoms with van der Waals surface area (Å²) in [6.45, 7) is 0. The van der Waals surface area contributed by atoms with Gasteiger partial charge in [-0.25, -0.2) is 4.79 Å². The summed E-state index contributed by atoms with van der Waals surface area (Å²) in [4.78, 5) is 15.5. The van der Waals surface area contributed by atoms with Crippen LogP contribution in [-0.2, 0) is 4.74 Å². The Morgan fingerprint density at radius 3 is 2.47 bits per heavy atom. The molecule has 0 fully saturated rings. The van der Waals surface area contributed by atoms with E-state index in [1.54, 1.807) is 37.7 Å². The van der Waals surface area contributed by atoms with Crippen LogP contribution >= 0.6 is 0 Å². The maximum atomic E-state index is 11.6. The van der Waals surface area contributed by atoms with Gasteiger partial charge in [-0.05, 0) is 24.3 Å². The third kappa shape index (κ3) is 3.22. The molecule has 0 aliphatic heterocycles. The number of rotatable bonds is 4. The first-order chi connectivity index (χ1) is 9.22. The van der Waals surface area contributed by atoms with E-state index >= 15 is 0 Å². The third-order valence-corrected chi connectivity index (χ3v) is 2.53. The molecule has 0 aliphatic rings. The average Bonchev–Trinajstić information content (AvgIpc) is 2.47. The third-order valence-electron chi connectivity index (χ3n) is 2.53. The number of nitrogens with zero attached hydrogens (tertiary/aromatic N) is 1.